The topological polar surface area (TPSA) is 97.4 Å². The molecular formula is C33H44ClN3O6S. The standard InChI is InChI=1S/C33H44ClN3O6S/c1-23-7-6-9-31(42-3)29-14-11-26(29)21-36-16-5-4-8-24-19-28(34)13-10-27(24)22-43-32-15-12-25(20-30(32)36)33(38)35-44(39,40)37(23)17-18-41-2/h6,9-10,12-13,15,19-20,23,26,29,31H,4-5,7-8,11,14,16-18,21-22H2,1-3H3,(H,35,38)/b9-6+/t23-,26-,29+,31-/m0/s1. The van der Waals surface area contributed by atoms with Gasteiger partial charge in [0.1, 0.15) is 12.4 Å². The molecule has 0 spiro atoms. The number of ether oxygens (including phenoxy) is 3. The van der Waals surface area contributed by atoms with Crippen LogP contribution in [0.3, 0.4) is 0 Å². The highest BCUT2D eigenvalue weighted by Crippen LogP contribution is 2.41. The van der Waals surface area contributed by atoms with Gasteiger partial charge in [-0.25, -0.2) is 4.72 Å². The van der Waals surface area contributed by atoms with Gasteiger partial charge in [-0.2, -0.15) is 12.7 Å². The fraction of sp³-hybridized carbons (Fsp3) is 0.545. The van der Waals surface area contributed by atoms with Crippen LogP contribution in [0.4, 0.5) is 5.69 Å². The molecule has 5 rings (SSSR count). The quantitative estimate of drug-likeness (QED) is 0.446. The molecule has 2 aliphatic heterocycles. The lowest BCUT2D eigenvalue weighted by Crippen LogP contribution is -2.48. The van der Waals surface area contributed by atoms with Gasteiger partial charge in [0.05, 0.1) is 18.4 Å². The van der Waals surface area contributed by atoms with E-state index >= 15 is 0 Å². The molecule has 2 bridgehead atoms. The molecule has 3 aliphatic rings. The number of nitrogens with zero attached hydrogens (tertiary/aromatic N) is 2. The smallest absolute Gasteiger partial charge is 0.304 e. The zero-order chi connectivity index (χ0) is 31.3. The molecule has 44 heavy (non-hydrogen) atoms. The molecule has 0 saturated heterocycles. The molecule has 4 atom stereocenters. The predicted molar refractivity (Wildman–Crippen MR) is 173 cm³/mol. The van der Waals surface area contributed by atoms with Crippen molar-refractivity contribution < 1.29 is 27.4 Å². The summed E-state index contributed by atoms with van der Waals surface area (Å²) >= 11 is 6.33. The monoisotopic (exact) mass is 645 g/mol. The Kier molecular flexibility index (Phi) is 10.9. The zero-order valence-corrected chi connectivity index (χ0v) is 27.4. The number of methoxy groups -OCH3 is 2. The lowest BCUT2D eigenvalue weighted by Gasteiger charge is -2.43. The lowest BCUT2D eigenvalue weighted by atomic mass is 9.70. The normalized spacial score (nSPS) is 27.0. The van der Waals surface area contributed by atoms with Crippen molar-refractivity contribution >= 4 is 33.4 Å². The summed E-state index contributed by atoms with van der Waals surface area (Å²) < 4.78 is 48.3. The van der Waals surface area contributed by atoms with Crippen LogP contribution in [0.2, 0.25) is 5.02 Å². The number of nitrogens with one attached hydrogen (secondary N) is 1. The van der Waals surface area contributed by atoms with Crippen molar-refractivity contribution in [1.29, 1.82) is 0 Å². The molecule has 11 heteroatoms. The highest BCUT2D eigenvalue weighted by molar-refractivity contribution is 7.87. The molecule has 0 aromatic heterocycles. The molecule has 1 amide bonds. The van der Waals surface area contributed by atoms with Crippen molar-refractivity contribution in [1.82, 2.24) is 9.03 Å². The van der Waals surface area contributed by atoms with E-state index in [9.17, 15) is 13.2 Å². The largest absolute Gasteiger partial charge is 0.487 e. The van der Waals surface area contributed by atoms with Crippen molar-refractivity contribution in [2.45, 2.75) is 64.2 Å². The first-order valence-electron chi connectivity index (χ1n) is 15.5. The number of fused-ring (bicyclic) bond motifs is 3. The highest BCUT2D eigenvalue weighted by atomic mass is 35.5. The van der Waals surface area contributed by atoms with Crippen LogP contribution in [-0.2, 0) is 32.7 Å². The first-order chi connectivity index (χ1) is 21.2. The third-order valence-electron chi connectivity index (χ3n) is 9.20. The Morgan fingerprint density at radius 1 is 1.09 bits per heavy atom. The number of hydrogen-bond acceptors (Lipinski definition) is 7. The number of hydrogen-bond donors (Lipinski definition) is 1. The zero-order valence-electron chi connectivity index (χ0n) is 25.8. The van der Waals surface area contributed by atoms with Gasteiger partial charge < -0.3 is 19.1 Å². The number of carbonyl (C=O) groups excluding carboxylic acids is 1. The number of halogens is 1. The first kappa shape index (κ1) is 32.8. The minimum atomic E-state index is -4.16. The van der Waals surface area contributed by atoms with Crippen LogP contribution in [0.25, 0.3) is 0 Å². The Hall–Kier alpha value is -2.63. The number of carbonyl (C=O) groups is 1. The van der Waals surface area contributed by atoms with Crippen LogP contribution in [0.1, 0.15) is 60.5 Å². The Morgan fingerprint density at radius 3 is 2.68 bits per heavy atom. The average molecular weight is 646 g/mol. The predicted octanol–water partition coefficient (Wildman–Crippen LogP) is 5.37. The maximum absolute atomic E-state index is 13.5. The second-order valence-electron chi connectivity index (χ2n) is 12.0. The van der Waals surface area contributed by atoms with Crippen molar-refractivity contribution in [3.63, 3.8) is 0 Å². The molecule has 0 unspecified atom stereocenters. The van der Waals surface area contributed by atoms with E-state index in [2.05, 4.69) is 15.7 Å². The van der Waals surface area contributed by atoms with Gasteiger partial charge in [0.2, 0.25) is 0 Å². The average Bonchev–Trinajstić information content (AvgIpc) is 3.01. The molecule has 1 aliphatic carbocycles. The molecule has 2 aromatic carbocycles. The van der Waals surface area contributed by atoms with Crippen LogP contribution in [0.5, 0.6) is 5.75 Å². The number of rotatable bonds is 4. The summed E-state index contributed by atoms with van der Waals surface area (Å²) in [6, 6.07) is 10.7. The van der Waals surface area contributed by atoms with E-state index in [4.69, 9.17) is 25.8 Å². The summed E-state index contributed by atoms with van der Waals surface area (Å²) in [7, 11) is -0.901. The van der Waals surface area contributed by atoms with E-state index in [-0.39, 0.29) is 24.8 Å². The van der Waals surface area contributed by atoms with E-state index in [0.717, 1.165) is 56.4 Å². The summed E-state index contributed by atoms with van der Waals surface area (Å²) in [6.07, 6.45) is 9.45. The summed E-state index contributed by atoms with van der Waals surface area (Å²) in [5, 5.41) is 0.711. The number of aryl methyl sites for hydroxylation is 1. The minimum Gasteiger partial charge on any atom is -0.487 e. The van der Waals surface area contributed by atoms with Gasteiger partial charge in [0.15, 0.2) is 0 Å². The van der Waals surface area contributed by atoms with Gasteiger partial charge in [0, 0.05) is 50.5 Å². The Bertz CT molecular complexity index is 1450. The molecule has 1 fully saturated rings. The Labute approximate surface area is 266 Å². The highest BCUT2D eigenvalue weighted by Gasteiger charge is 2.38. The maximum Gasteiger partial charge on any atom is 0.304 e. The van der Waals surface area contributed by atoms with E-state index in [1.54, 1.807) is 25.3 Å². The van der Waals surface area contributed by atoms with E-state index in [1.165, 1.54) is 17.0 Å². The number of anilines is 1. The molecule has 2 heterocycles. The van der Waals surface area contributed by atoms with E-state index in [0.29, 0.717) is 35.6 Å². The van der Waals surface area contributed by atoms with Crippen molar-refractivity contribution in [3.8, 4) is 5.75 Å². The first-order valence-corrected chi connectivity index (χ1v) is 17.3. The fourth-order valence-electron chi connectivity index (χ4n) is 6.53. The second kappa shape index (κ2) is 14.6. The summed E-state index contributed by atoms with van der Waals surface area (Å²) in [4.78, 5) is 15.8. The van der Waals surface area contributed by atoms with E-state index < -0.39 is 22.2 Å². The van der Waals surface area contributed by atoms with Gasteiger partial charge in [-0.15, -0.1) is 0 Å². The SMILES string of the molecule is COCCN1[C@@H](C)C/C=C/[C@H](OC)[C@@H]2CC[C@H]2CN2CCCCc3cc(Cl)ccc3COc3ccc(cc32)C(=O)NS1(=O)=O. The van der Waals surface area contributed by atoms with Crippen LogP contribution < -0.4 is 14.4 Å². The molecule has 2 aromatic rings. The van der Waals surface area contributed by atoms with Crippen molar-refractivity contribution in [2.24, 2.45) is 11.8 Å². The fourth-order valence-corrected chi connectivity index (χ4v) is 8.07. The third kappa shape index (κ3) is 7.59. The van der Waals surface area contributed by atoms with Crippen LogP contribution in [0.15, 0.2) is 48.6 Å². The van der Waals surface area contributed by atoms with Gasteiger partial charge in [-0.3, -0.25) is 4.79 Å². The molecule has 1 saturated carbocycles. The minimum absolute atomic E-state index is 0.0668. The van der Waals surface area contributed by atoms with Gasteiger partial charge >= 0.3 is 10.2 Å². The van der Waals surface area contributed by atoms with Crippen LogP contribution in [-0.4, -0.2) is 71.2 Å². The summed E-state index contributed by atoms with van der Waals surface area (Å²) in [6.45, 7) is 4.08. The summed E-state index contributed by atoms with van der Waals surface area (Å²) in [5.74, 6) is 0.719. The summed E-state index contributed by atoms with van der Waals surface area (Å²) in [5.41, 5.74) is 3.31. The van der Waals surface area contributed by atoms with Crippen molar-refractivity contribution in [3.05, 3.63) is 70.3 Å². The molecule has 0 radical (unpaired) electrons. The Morgan fingerprint density at radius 2 is 1.93 bits per heavy atom. The van der Waals surface area contributed by atoms with Gasteiger partial charge in [-0.1, -0.05) is 29.8 Å². The lowest BCUT2D eigenvalue weighted by molar-refractivity contribution is 0.0134. The second-order valence-corrected chi connectivity index (χ2v) is 14.1. The van der Waals surface area contributed by atoms with Gasteiger partial charge in [0.25, 0.3) is 5.91 Å². The Balaban J connectivity index is 1.55. The third-order valence-corrected chi connectivity index (χ3v) is 11.0. The molecule has 240 valence electrons. The van der Waals surface area contributed by atoms with E-state index in [1.807, 2.05) is 31.2 Å². The van der Waals surface area contributed by atoms with Crippen molar-refractivity contribution in [2.75, 3.05) is 45.4 Å². The van der Waals surface area contributed by atoms with Crippen LogP contribution >= 0.6 is 11.6 Å². The maximum atomic E-state index is 13.5. The molecule has 9 nitrogen and oxygen atoms in total. The number of benzene rings is 2. The molecular weight excluding hydrogens is 602 g/mol. The van der Waals surface area contributed by atoms with Crippen LogP contribution in [0, 0.1) is 11.8 Å². The number of amides is 1. The van der Waals surface area contributed by atoms with Gasteiger partial charge in [-0.05, 0) is 98.7 Å². The molecule has 1 N–H and O–H groups in total.